The van der Waals surface area contributed by atoms with E-state index in [0.29, 0.717) is 6.42 Å². The number of aliphatic hydroxyl groups excluding tert-OH is 2. The van der Waals surface area contributed by atoms with E-state index in [2.05, 4.69) is 4.74 Å². The Morgan fingerprint density at radius 1 is 1.35 bits per heavy atom. The maximum absolute atomic E-state index is 11.1. The fraction of sp³-hybridized carbons (Fsp3) is 0.500. The molecule has 1 aromatic carbocycles. The Kier molecular flexibility index (Phi) is 7.23. The Bertz CT molecular complexity index is 560. The summed E-state index contributed by atoms with van der Waals surface area (Å²) < 4.78 is 15.0. The van der Waals surface area contributed by atoms with Crippen LogP contribution in [0.5, 0.6) is 11.5 Å². The second kappa shape index (κ2) is 8.91. The van der Waals surface area contributed by atoms with Gasteiger partial charge in [-0.05, 0) is 12.5 Å². The van der Waals surface area contributed by atoms with Gasteiger partial charge < -0.3 is 24.4 Å². The fourth-order valence-electron chi connectivity index (χ4n) is 1.86. The van der Waals surface area contributed by atoms with Gasteiger partial charge in [0.1, 0.15) is 6.10 Å². The van der Waals surface area contributed by atoms with E-state index in [1.54, 1.807) is 0 Å². The number of methoxy groups -OCH3 is 2. The summed E-state index contributed by atoms with van der Waals surface area (Å²) in [5.74, 6) is -0.0953. The highest BCUT2D eigenvalue weighted by molar-refractivity contribution is 5.69. The van der Waals surface area contributed by atoms with Gasteiger partial charge in [-0.2, -0.15) is 0 Å². The van der Waals surface area contributed by atoms with Crippen molar-refractivity contribution in [2.45, 2.75) is 18.9 Å². The molecular formula is C14H19NO8. The van der Waals surface area contributed by atoms with Crippen LogP contribution < -0.4 is 9.47 Å². The summed E-state index contributed by atoms with van der Waals surface area (Å²) in [5.41, 5.74) is -0.466. The first kappa shape index (κ1) is 18.7. The van der Waals surface area contributed by atoms with Crippen molar-refractivity contribution in [3.63, 3.8) is 0 Å². The molecule has 0 amide bonds. The molecule has 0 saturated carbocycles. The summed E-state index contributed by atoms with van der Waals surface area (Å²) in [6, 6.07) is 2.36. The second-order valence-corrected chi connectivity index (χ2v) is 4.55. The zero-order valence-electron chi connectivity index (χ0n) is 12.9. The number of carbonyl (C=O) groups excluding carboxylic acids is 1. The van der Waals surface area contributed by atoms with Crippen molar-refractivity contribution < 1.29 is 34.1 Å². The van der Waals surface area contributed by atoms with Gasteiger partial charge in [0.15, 0.2) is 11.5 Å². The Labute approximate surface area is 132 Å². The van der Waals surface area contributed by atoms with Gasteiger partial charge in [0.2, 0.25) is 0 Å². The van der Waals surface area contributed by atoms with Gasteiger partial charge in [-0.3, -0.25) is 14.9 Å². The van der Waals surface area contributed by atoms with Crippen LogP contribution in [-0.4, -0.2) is 48.5 Å². The molecule has 0 aliphatic carbocycles. The number of ether oxygens (including phenoxy) is 3. The predicted molar refractivity (Wildman–Crippen MR) is 78.4 cm³/mol. The molecule has 0 aliphatic heterocycles. The van der Waals surface area contributed by atoms with Crippen molar-refractivity contribution in [3.8, 4) is 11.5 Å². The van der Waals surface area contributed by atoms with Crippen LogP contribution in [0.15, 0.2) is 12.1 Å². The highest BCUT2D eigenvalue weighted by Crippen LogP contribution is 2.37. The molecular weight excluding hydrogens is 310 g/mol. The zero-order chi connectivity index (χ0) is 17.4. The Hall–Kier alpha value is -2.39. The standard InChI is InChI=1S/C14H19NO8/c1-21-12-6-9(11(17)8-16)10(15(19)20)7-13(12)23-5-3-4-14(18)22-2/h6-7,11,16-17H,3-5,8H2,1-2H3. The summed E-state index contributed by atoms with van der Waals surface area (Å²) in [7, 11) is 2.62. The molecule has 0 fully saturated rings. The van der Waals surface area contributed by atoms with Gasteiger partial charge in [-0.1, -0.05) is 0 Å². The lowest BCUT2D eigenvalue weighted by molar-refractivity contribution is -0.386. The summed E-state index contributed by atoms with van der Waals surface area (Å²) in [4.78, 5) is 21.4. The number of rotatable bonds is 9. The fourth-order valence-corrected chi connectivity index (χ4v) is 1.86. The number of aliphatic hydroxyl groups is 2. The van der Waals surface area contributed by atoms with Crippen molar-refractivity contribution in [2.24, 2.45) is 0 Å². The molecule has 1 aromatic rings. The number of carbonyl (C=O) groups is 1. The average Bonchev–Trinajstić information content (AvgIpc) is 2.56. The van der Waals surface area contributed by atoms with Gasteiger partial charge in [0, 0.05) is 6.42 Å². The lowest BCUT2D eigenvalue weighted by Gasteiger charge is -2.14. The second-order valence-electron chi connectivity index (χ2n) is 4.55. The van der Waals surface area contributed by atoms with E-state index in [1.807, 2.05) is 0 Å². The third kappa shape index (κ3) is 5.08. The molecule has 0 aliphatic rings. The van der Waals surface area contributed by atoms with E-state index >= 15 is 0 Å². The Balaban J connectivity index is 2.96. The number of hydrogen-bond acceptors (Lipinski definition) is 8. The molecule has 0 radical (unpaired) electrons. The smallest absolute Gasteiger partial charge is 0.305 e. The summed E-state index contributed by atoms with van der Waals surface area (Å²) in [5, 5.41) is 29.8. The highest BCUT2D eigenvalue weighted by Gasteiger charge is 2.24. The zero-order valence-corrected chi connectivity index (χ0v) is 12.9. The lowest BCUT2D eigenvalue weighted by Crippen LogP contribution is -2.09. The molecule has 128 valence electrons. The van der Waals surface area contributed by atoms with Crippen molar-refractivity contribution >= 4 is 11.7 Å². The maximum Gasteiger partial charge on any atom is 0.305 e. The molecule has 9 nitrogen and oxygen atoms in total. The van der Waals surface area contributed by atoms with Gasteiger partial charge in [0.25, 0.3) is 5.69 Å². The van der Waals surface area contributed by atoms with Crippen LogP contribution >= 0.6 is 0 Å². The Morgan fingerprint density at radius 3 is 2.57 bits per heavy atom. The average molecular weight is 329 g/mol. The lowest BCUT2D eigenvalue weighted by atomic mass is 10.1. The minimum atomic E-state index is -1.40. The van der Waals surface area contributed by atoms with Crippen LogP contribution in [0.2, 0.25) is 0 Å². The van der Waals surface area contributed by atoms with E-state index in [9.17, 15) is 20.0 Å². The van der Waals surface area contributed by atoms with Crippen molar-refractivity contribution in [2.75, 3.05) is 27.4 Å². The normalized spacial score (nSPS) is 11.7. The first-order chi connectivity index (χ1) is 10.9. The molecule has 1 atom stereocenters. The van der Waals surface area contributed by atoms with Gasteiger partial charge in [0.05, 0.1) is 44.0 Å². The quantitative estimate of drug-likeness (QED) is 0.297. The molecule has 23 heavy (non-hydrogen) atoms. The van der Waals surface area contributed by atoms with Crippen molar-refractivity contribution in [1.29, 1.82) is 0 Å². The number of benzene rings is 1. The molecule has 0 spiro atoms. The number of nitrogens with zero attached hydrogens (tertiary/aromatic N) is 1. The summed E-state index contributed by atoms with van der Waals surface area (Å²) in [6.45, 7) is -0.534. The van der Waals surface area contributed by atoms with Gasteiger partial charge >= 0.3 is 5.97 Å². The molecule has 2 N–H and O–H groups in total. The number of esters is 1. The number of nitro groups is 1. The molecule has 0 heterocycles. The molecule has 0 saturated heterocycles. The SMILES string of the molecule is COC(=O)CCCOc1cc([N+](=O)[O-])c(C(O)CO)cc1OC. The summed E-state index contributed by atoms with van der Waals surface area (Å²) in [6.07, 6.45) is -0.884. The van der Waals surface area contributed by atoms with E-state index < -0.39 is 23.3 Å². The van der Waals surface area contributed by atoms with E-state index in [0.717, 1.165) is 6.07 Å². The summed E-state index contributed by atoms with van der Waals surface area (Å²) >= 11 is 0. The van der Waals surface area contributed by atoms with Gasteiger partial charge in [-0.25, -0.2) is 0 Å². The molecule has 1 unspecified atom stereocenters. The van der Waals surface area contributed by atoms with Crippen LogP contribution in [0.4, 0.5) is 5.69 Å². The van der Waals surface area contributed by atoms with Crippen molar-refractivity contribution in [3.05, 3.63) is 27.8 Å². The van der Waals surface area contributed by atoms with Crippen LogP contribution in [0.25, 0.3) is 0 Å². The largest absolute Gasteiger partial charge is 0.493 e. The minimum Gasteiger partial charge on any atom is -0.493 e. The molecule has 9 heteroatoms. The van der Waals surface area contributed by atoms with Crippen LogP contribution in [0.1, 0.15) is 24.5 Å². The minimum absolute atomic E-state index is 0.0729. The van der Waals surface area contributed by atoms with Crippen LogP contribution in [-0.2, 0) is 9.53 Å². The van der Waals surface area contributed by atoms with E-state index in [1.165, 1.54) is 20.3 Å². The van der Waals surface area contributed by atoms with E-state index in [4.69, 9.17) is 14.6 Å². The topological polar surface area (TPSA) is 128 Å². The third-order valence-corrected chi connectivity index (χ3v) is 3.05. The van der Waals surface area contributed by atoms with Crippen LogP contribution in [0, 0.1) is 10.1 Å². The van der Waals surface area contributed by atoms with Crippen molar-refractivity contribution in [1.82, 2.24) is 0 Å². The molecule has 0 bridgehead atoms. The first-order valence-electron chi connectivity index (χ1n) is 6.79. The number of hydrogen-bond donors (Lipinski definition) is 2. The van der Waals surface area contributed by atoms with Crippen LogP contribution in [0.3, 0.4) is 0 Å². The highest BCUT2D eigenvalue weighted by atomic mass is 16.6. The predicted octanol–water partition coefficient (Wildman–Crippen LogP) is 0.961. The molecule has 0 aromatic heterocycles. The Morgan fingerprint density at radius 2 is 2.04 bits per heavy atom. The maximum atomic E-state index is 11.1. The van der Waals surface area contributed by atoms with E-state index in [-0.39, 0.29) is 36.1 Å². The van der Waals surface area contributed by atoms with Gasteiger partial charge in [-0.15, -0.1) is 0 Å². The number of nitro benzene ring substituents is 1. The first-order valence-corrected chi connectivity index (χ1v) is 6.79. The third-order valence-electron chi connectivity index (χ3n) is 3.05. The monoisotopic (exact) mass is 329 g/mol. The molecule has 1 rings (SSSR count).